The maximum Gasteiger partial charge on any atom is 0.312 e. The standard InChI is InChI=1S/C18H20O7/c1-2-22-18(21)12-11(17(19)20)15-9-10(16(12)25-15)14-8-6-4-3-5(23-6)7(8)13(9)24-14/h3-16H,2H2,1H3,(H,19,20). The van der Waals surface area contributed by atoms with Gasteiger partial charge < -0.3 is 24.1 Å². The number of rotatable bonds is 3. The maximum absolute atomic E-state index is 12.5. The first-order valence-electron chi connectivity index (χ1n) is 9.16. The molecular weight excluding hydrogens is 328 g/mol. The van der Waals surface area contributed by atoms with Crippen molar-refractivity contribution in [3.05, 3.63) is 12.2 Å². The van der Waals surface area contributed by atoms with Gasteiger partial charge in [0.05, 0.1) is 55.1 Å². The lowest BCUT2D eigenvalue weighted by Gasteiger charge is -2.40. The van der Waals surface area contributed by atoms with Crippen molar-refractivity contribution in [3.8, 4) is 0 Å². The number of carboxylic acids is 1. The minimum absolute atomic E-state index is 0.0124. The number of ether oxygens (including phenoxy) is 4. The monoisotopic (exact) mass is 348 g/mol. The largest absolute Gasteiger partial charge is 0.481 e. The molecule has 0 aromatic carbocycles. The third kappa shape index (κ3) is 1.55. The Balaban J connectivity index is 1.38. The SMILES string of the molecule is CCOC(=O)C1C2OC(C1C(=O)O)C1C3OC(C4C5C=CC(O5)C34)C21. The second-order valence-electron chi connectivity index (χ2n) is 8.03. The molecule has 1 N–H and O–H groups in total. The Bertz CT molecular complexity index is 689. The molecular formula is C18H20O7. The van der Waals surface area contributed by atoms with Crippen LogP contribution in [0.1, 0.15) is 6.92 Å². The van der Waals surface area contributed by atoms with Crippen molar-refractivity contribution < 1.29 is 33.6 Å². The van der Waals surface area contributed by atoms with E-state index in [0.717, 1.165) is 0 Å². The van der Waals surface area contributed by atoms with Crippen molar-refractivity contribution >= 4 is 11.9 Å². The quantitative estimate of drug-likeness (QED) is 0.577. The zero-order valence-corrected chi connectivity index (χ0v) is 13.7. The zero-order valence-electron chi connectivity index (χ0n) is 13.7. The Morgan fingerprint density at radius 1 is 0.880 bits per heavy atom. The molecule has 0 saturated carbocycles. The van der Waals surface area contributed by atoms with Gasteiger partial charge in [0.1, 0.15) is 0 Å². The summed E-state index contributed by atoms with van der Waals surface area (Å²) in [4.78, 5) is 24.4. The van der Waals surface area contributed by atoms with E-state index in [9.17, 15) is 14.7 Å². The van der Waals surface area contributed by atoms with Gasteiger partial charge in [0, 0.05) is 23.7 Å². The first kappa shape index (κ1) is 14.7. The number of hydrogen-bond acceptors (Lipinski definition) is 6. The van der Waals surface area contributed by atoms with Crippen LogP contribution in [0.3, 0.4) is 0 Å². The van der Waals surface area contributed by atoms with E-state index in [1.807, 2.05) is 0 Å². The molecule has 12 atom stereocenters. The lowest BCUT2D eigenvalue weighted by molar-refractivity contribution is -0.160. The highest BCUT2D eigenvalue weighted by Gasteiger charge is 2.77. The molecule has 5 fully saturated rings. The first-order chi connectivity index (χ1) is 12.1. The van der Waals surface area contributed by atoms with Gasteiger partial charge >= 0.3 is 11.9 Å². The molecule has 6 aliphatic rings. The molecule has 7 nitrogen and oxygen atoms in total. The van der Waals surface area contributed by atoms with E-state index in [-0.39, 0.29) is 42.9 Å². The molecule has 6 aliphatic heterocycles. The van der Waals surface area contributed by atoms with Crippen LogP contribution in [0.2, 0.25) is 0 Å². The van der Waals surface area contributed by atoms with Gasteiger partial charge in [-0.25, -0.2) is 0 Å². The van der Waals surface area contributed by atoms with Crippen LogP contribution in [-0.2, 0) is 28.5 Å². The predicted molar refractivity (Wildman–Crippen MR) is 80.3 cm³/mol. The van der Waals surface area contributed by atoms with Crippen molar-refractivity contribution in [2.75, 3.05) is 6.61 Å². The maximum atomic E-state index is 12.5. The average molecular weight is 348 g/mol. The fraction of sp³-hybridized carbons (Fsp3) is 0.778. The molecule has 0 radical (unpaired) electrons. The van der Waals surface area contributed by atoms with Gasteiger partial charge in [-0.3, -0.25) is 9.59 Å². The predicted octanol–water partition coefficient (Wildman–Crippen LogP) is 0.231. The summed E-state index contributed by atoms with van der Waals surface area (Å²) in [5.74, 6) is -2.31. The summed E-state index contributed by atoms with van der Waals surface area (Å²) in [5.41, 5.74) is 0. The van der Waals surface area contributed by atoms with Gasteiger partial charge in [-0.05, 0) is 6.92 Å². The summed E-state index contributed by atoms with van der Waals surface area (Å²) >= 11 is 0. The van der Waals surface area contributed by atoms with E-state index >= 15 is 0 Å². The second-order valence-corrected chi connectivity index (χ2v) is 8.03. The number of aliphatic carboxylic acids is 1. The van der Waals surface area contributed by atoms with E-state index in [0.29, 0.717) is 11.8 Å². The van der Waals surface area contributed by atoms with Gasteiger partial charge in [-0.15, -0.1) is 0 Å². The van der Waals surface area contributed by atoms with E-state index in [1.165, 1.54) is 0 Å². The van der Waals surface area contributed by atoms with Crippen LogP contribution >= 0.6 is 0 Å². The summed E-state index contributed by atoms with van der Waals surface area (Å²) in [7, 11) is 0. The van der Waals surface area contributed by atoms with Gasteiger partial charge in [0.15, 0.2) is 0 Å². The number of carbonyl (C=O) groups is 2. The molecule has 7 heteroatoms. The minimum atomic E-state index is -0.979. The van der Waals surface area contributed by atoms with Gasteiger partial charge in [0.2, 0.25) is 0 Å². The fourth-order valence-corrected chi connectivity index (χ4v) is 6.72. The van der Waals surface area contributed by atoms with Gasteiger partial charge in [0.25, 0.3) is 0 Å². The number of fused-ring (bicyclic) bond motifs is 16. The Morgan fingerprint density at radius 3 is 2.00 bits per heavy atom. The van der Waals surface area contributed by atoms with Crippen molar-refractivity contribution in [2.45, 2.75) is 43.5 Å². The summed E-state index contributed by atoms with van der Waals surface area (Å²) in [5, 5.41) is 9.74. The zero-order chi connectivity index (χ0) is 17.0. The Morgan fingerprint density at radius 2 is 1.44 bits per heavy atom. The molecule has 5 saturated heterocycles. The van der Waals surface area contributed by atoms with Crippen molar-refractivity contribution in [3.63, 3.8) is 0 Å². The highest BCUT2D eigenvalue weighted by Crippen LogP contribution is 2.66. The van der Waals surface area contributed by atoms with Crippen LogP contribution in [-0.4, -0.2) is 60.3 Å². The normalized spacial score (nSPS) is 58.6. The van der Waals surface area contributed by atoms with Crippen LogP contribution < -0.4 is 0 Å². The Hall–Kier alpha value is -1.44. The molecule has 6 heterocycles. The molecule has 0 amide bonds. The topological polar surface area (TPSA) is 91.3 Å². The van der Waals surface area contributed by atoms with Crippen molar-refractivity contribution in [1.82, 2.24) is 0 Å². The molecule has 6 bridgehead atoms. The Labute approximate surface area is 144 Å². The number of esters is 1. The van der Waals surface area contributed by atoms with E-state index in [2.05, 4.69) is 12.2 Å². The highest BCUT2D eigenvalue weighted by molar-refractivity contribution is 5.83. The summed E-state index contributed by atoms with van der Waals surface area (Å²) in [6.45, 7) is 1.97. The molecule has 0 aliphatic carbocycles. The minimum Gasteiger partial charge on any atom is -0.481 e. The van der Waals surface area contributed by atoms with Gasteiger partial charge in [-0.1, -0.05) is 12.2 Å². The third-order valence-electron chi connectivity index (χ3n) is 7.30. The Kier molecular flexibility index (Phi) is 2.73. The fourth-order valence-electron chi connectivity index (χ4n) is 6.72. The van der Waals surface area contributed by atoms with Crippen LogP contribution in [0.5, 0.6) is 0 Å². The molecule has 0 aromatic rings. The molecule has 25 heavy (non-hydrogen) atoms. The average Bonchev–Trinajstić information content (AvgIpc) is 3.39. The van der Waals surface area contributed by atoms with Crippen LogP contribution in [0, 0.1) is 35.5 Å². The van der Waals surface area contributed by atoms with Gasteiger partial charge in [-0.2, -0.15) is 0 Å². The second kappa shape index (κ2) is 4.64. The summed E-state index contributed by atoms with van der Waals surface area (Å²) < 4.78 is 23.6. The number of hydrogen-bond donors (Lipinski definition) is 1. The van der Waals surface area contributed by atoms with Crippen molar-refractivity contribution in [2.24, 2.45) is 35.5 Å². The highest BCUT2D eigenvalue weighted by atomic mass is 16.6. The summed E-state index contributed by atoms with van der Waals surface area (Å²) in [6, 6.07) is 0. The number of carboxylic acid groups (broad SMARTS) is 1. The van der Waals surface area contributed by atoms with E-state index < -0.39 is 36.0 Å². The third-order valence-corrected chi connectivity index (χ3v) is 7.30. The smallest absolute Gasteiger partial charge is 0.312 e. The van der Waals surface area contributed by atoms with E-state index in [1.54, 1.807) is 6.92 Å². The van der Waals surface area contributed by atoms with Crippen LogP contribution in [0.25, 0.3) is 0 Å². The molecule has 134 valence electrons. The lowest BCUT2D eigenvalue weighted by Crippen LogP contribution is -2.54. The summed E-state index contributed by atoms with van der Waals surface area (Å²) in [6.07, 6.45) is 3.45. The lowest BCUT2D eigenvalue weighted by atomic mass is 9.57. The van der Waals surface area contributed by atoms with Crippen LogP contribution in [0.4, 0.5) is 0 Å². The molecule has 6 rings (SSSR count). The molecule has 0 spiro atoms. The number of carbonyl (C=O) groups excluding carboxylic acids is 1. The first-order valence-corrected chi connectivity index (χ1v) is 9.16. The molecule has 0 aromatic heterocycles. The van der Waals surface area contributed by atoms with E-state index in [4.69, 9.17) is 18.9 Å². The van der Waals surface area contributed by atoms with Crippen molar-refractivity contribution in [1.29, 1.82) is 0 Å². The van der Waals surface area contributed by atoms with Crippen LogP contribution in [0.15, 0.2) is 12.2 Å². The molecule has 12 unspecified atom stereocenters.